The van der Waals surface area contributed by atoms with Crippen LogP contribution in [0, 0.1) is 13.8 Å². The average molecular weight is 389 g/mol. The third-order valence-electron chi connectivity index (χ3n) is 5.16. The van der Waals surface area contributed by atoms with Crippen molar-refractivity contribution >= 4 is 11.6 Å². The summed E-state index contributed by atoms with van der Waals surface area (Å²) in [6.07, 6.45) is 3.93. The number of carbonyl (C=O) groups excluding carboxylic acids is 2. The maximum absolute atomic E-state index is 10.6. The smallest absolute Gasteiger partial charge is 0.156 e. The van der Waals surface area contributed by atoms with E-state index < -0.39 is 0 Å². The molecule has 2 N–H and O–H groups in total. The van der Waals surface area contributed by atoms with E-state index in [0.29, 0.717) is 11.4 Å². The van der Waals surface area contributed by atoms with Gasteiger partial charge in [0.25, 0.3) is 0 Å². The van der Waals surface area contributed by atoms with Gasteiger partial charge in [0.2, 0.25) is 0 Å². The Kier molecular flexibility index (Phi) is 10.0. The van der Waals surface area contributed by atoms with Crippen LogP contribution in [-0.4, -0.2) is 60.1 Å². The van der Waals surface area contributed by atoms with Crippen LogP contribution in [0.5, 0.6) is 0 Å². The summed E-state index contributed by atoms with van der Waals surface area (Å²) in [7, 11) is 4.21. The van der Waals surface area contributed by atoms with Crippen LogP contribution in [0.2, 0.25) is 0 Å². The summed E-state index contributed by atoms with van der Waals surface area (Å²) in [6, 6.07) is 2.29. The highest BCUT2D eigenvalue weighted by Crippen LogP contribution is 2.18. The molecule has 1 fully saturated rings. The molecule has 156 valence electrons. The van der Waals surface area contributed by atoms with Crippen molar-refractivity contribution in [3.63, 3.8) is 0 Å². The van der Waals surface area contributed by atoms with Crippen LogP contribution in [0.1, 0.15) is 49.2 Å². The maximum Gasteiger partial charge on any atom is 0.156 e. The predicted octanol–water partition coefficient (Wildman–Crippen LogP) is 2.41. The molecule has 1 aromatic rings. The van der Waals surface area contributed by atoms with E-state index in [1.165, 1.54) is 35.6 Å². The fraction of sp³-hybridized carbons (Fsp3) is 0.591. The van der Waals surface area contributed by atoms with Gasteiger partial charge in [0.15, 0.2) is 5.78 Å². The van der Waals surface area contributed by atoms with E-state index in [1.54, 1.807) is 6.92 Å². The number of nitrogens with two attached hydrogens (primary N) is 1. The number of fused-ring (bicyclic) bond motifs is 1. The average Bonchev–Trinajstić information content (AvgIpc) is 2.65. The molecule has 6 heteroatoms. The Morgan fingerprint density at radius 2 is 1.64 bits per heavy atom. The first-order valence-corrected chi connectivity index (χ1v) is 9.88. The van der Waals surface area contributed by atoms with Gasteiger partial charge in [0.05, 0.1) is 0 Å². The van der Waals surface area contributed by atoms with E-state index in [4.69, 9.17) is 5.73 Å². The number of piperidine rings is 1. The molecule has 0 aliphatic carbocycles. The van der Waals surface area contributed by atoms with Gasteiger partial charge in [0.1, 0.15) is 5.78 Å². The van der Waals surface area contributed by atoms with Gasteiger partial charge >= 0.3 is 0 Å². The number of hydrogen-bond acceptors (Lipinski definition) is 6. The molecule has 3 rings (SSSR count). The van der Waals surface area contributed by atoms with Gasteiger partial charge in [-0.3, -0.25) is 14.6 Å². The summed E-state index contributed by atoms with van der Waals surface area (Å²) in [6.45, 7) is 11.5. The Hall–Kier alpha value is -2.05. The van der Waals surface area contributed by atoms with Crippen molar-refractivity contribution in [3.8, 4) is 0 Å². The van der Waals surface area contributed by atoms with Crippen molar-refractivity contribution in [2.24, 2.45) is 5.73 Å². The van der Waals surface area contributed by atoms with E-state index in [0.717, 1.165) is 45.4 Å². The van der Waals surface area contributed by atoms with Crippen molar-refractivity contribution in [2.75, 3.05) is 33.7 Å². The fourth-order valence-electron chi connectivity index (χ4n) is 2.82. The quantitative estimate of drug-likeness (QED) is 0.744. The number of ketones is 2. The fourth-order valence-corrected chi connectivity index (χ4v) is 2.82. The summed E-state index contributed by atoms with van der Waals surface area (Å²) >= 11 is 0. The van der Waals surface area contributed by atoms with Crippen LogP contribution in [0.15, 0.2) is 17.8 Å². The zero-order chi connectivity index (χ0) is 21.3. The normalized spacial score (nSPS) is 17.6. The van der Waals surface area contributed by atoms with Crippen LogP contribution in [-0.2, 0) is 22.6 Å². The number of aryl methyl sites for hydroxylation is 2. The van der Waals surface area contributed by atoms with Crippen molar-refractivity contribution in [1.29, 1.82) is 0 Å². The molecule has 0 atom stereocenters. The third-order valence-corrected chi connectivity index (χ3v) is 5.16. The van der Waals surface area contributed by atoms with Crippen LogP contribution in [0.4, 0.5) is 0 Å². The molecule has 0 bridgehead atoms. The molecule has 0 amide bonds. The summed E-state index contributed by atoms with van der Waals surface area (Å²) in [5, 5.41) is 0. The summed E-state index contributed by atoms with van der Waals surface area (Å²) in [4.78, 5) is 30.0. The highest BCUT2D eigenvalue weighted by molar-refractivity contribution is 5.92. The Bertz CT molecular complexity index is 703. The lowest BCUT2D eigenvalue weighted by molar-refractivity contribution is -0.121. The molecule has 0 spiro atoms. The second kappa shape index (κ2) is 11.7. The van der Waals surface area contributed by atoms with E-state index in [-0.39, 0.29) is 5.78 Å². The minimum atomic E-state index is 0.0301. The minimum absolute atomic E-state index is 0.0301. The number of rotatable bonds is 1. The molecule has 6 nitrogen and oxygen atoms in total. The molecule has 1 aromatic heterocycles. The monoisotopic (exact) mass is 388 g/mol. The first-order chi connectivity index (χ1) is 13.1. The van der Waals surface area contributed by atoms with E-state index in [2.05, 4.69) is 41.7 Å². The molecule has 2 aliphatic rings. The lowest BCUT2D eigenvalue weighted by Crippen LogP contribution is -2.29. The maximum atomic E-state index is 10.6. The zero-order valence-corrected chi connectivity index (χ0v) is 18.3. The second-order valence-electron chi connectivity index (χ2n) is 7.73. The predicted molar refractivity (Wildman–Crippen MR) is 114 cm³/mol. The van der Waals surface area contributed by atoms with Gasteiger partial charge in [-0.1, -0.05) is 6.07 Å². The molecular weight excluding hydrogens is 352 g/mol. The van der Waals surface area contributed by atoms with E-state index in [1.807, 2.05) is 7.05 Å². The lowest BCUT2D eigenvalue weighted by Gasteiger charge is -2.24. The summed E-state index contributed by atoms with van der Waals surface area (Å²) in [5.41, 5.74) is 10.8. The molecule has 0 radical (unpaired) electrons. The Balaban J connectivity index is 0.000000227. The van der Waals surface area contributed by atoms with E-state index in [9.17, 15) is 9.59 Å². The van der Waals surface area contributed by atoms with Crippen molar-refractivity contribution in [1.82, 2.24) is 14.8 Å². The largest absolute Gasteiger partial charge is 0.404 e. The number of aromatic nitrogens is 1. The molecule has 0 aromatic carbocycles. The minimum Gasteiger partial charge on any atom is -0.404 e. The van der Waals surface area contributed by atoms with E-state index >= 15 is 0 Å². The van der Waals surface area contributed by atoms with Gasteiger partial charge in [-0.05, 0) is 52.9 Å². The number of pyridine rings is 1. The number of hydrogen-bond donors (Lipinski definition) is 1. The van der Waals surface area contributed by atoms with Crippen molar-refractivity contribution in [2.45, 2.75) is 53.5 Å². The molecule has 2 aliphatic heterocycles. The molecule has 0 saturated carbocycles. The SMILES string of the molecule is CC(=O)/C(C)=C\N.CN1CCC(=O)CC1.Cc1cc2c(nc1C)CCN(C)C2. The Labute approximate surface area is 169 Å². The number of carbonyl (C=O) groups is 2. The number of Topliss-reactive ketones (excluding diaryl/α,β-unsaturated/α-hetero) is 2. The van der Waals surface area contributed by atoms with Gasteiger partial charge in [-0.15, -0.1) is 0 Å². The molecule has 0 unspecified atom stereocenters. The number of allylic oxidation sites excluding steroid dienone is 1. The van der Waals surface area contributed by atoms with Gasteiger partial charge < -0.3 is 15.5 Å². The first kappa shape index (κ1) is 24.0. The van der Waals surface area contributed by atoms with Crippen LogP contribution in [0.3, 0.4) is 0 Å². The van der Waals surface area contributed by atoms with Crippen molar-refractivity contribution in [3.05, 3.63) is 40.4 Å². The Morgan fingerprint density at radius 3 is 2.11 bits per heavy atom. The third kappa shape index (κ3) is 8.31. The zero-order valence-electron chi connectivity index (χ0n) is 18.3. The summed E-state index contributed by atoms with van der Waals surface area (Å²) < 4.78 is 0. The van der Waals surface area contributed by atoms with Gasteiger partial charge in [-0.25, -0.2) is 0 Å². The topological polar surface area (TPSA) is 79.5 Å². The number of likely N-dealkylation sites (N-methyl/N-ethyl adjacent to an activating group) is 1. The molecule has 1 saturated heterocycles. The van der Waals surface area contributed by atoms with Gasteiger partial charge in [0, 0.05) is 68.6 Å². The molecule has 28 heavy (non-hydrogen) atoms. The second-order valence-corrected chi connectivity index (χ2v) is 7.73. The number of nitrogens with zero attached hydrogens (tertiary/aromatic N) is 3. The number of likely N-dealkylation sites (tertiary alicyclic amines) is 1. The lowest BCUT2D eigenvalue weighted by atomic mass is 10.0. The molecular formula is C22H36N4O2. The van der Waals surface area contributed by atoms with Crippen LogP contribution in [0.25, 0.3) is 0 Å². The van der Waals surface area contributed by atoms with Crippen LogP contribution < -0.4 is 5.73 Å². The highest BCUT2D eigenvalue weighted by Gasteiger charge is 2.15. The van der Waals surface area contributed by atoms with Crippen LogP contribution >= 0.6 is 0 Å². The highest BCUT2D eigenvalue weighted by atomic mass is 16.1. The molecule has 3 heterocycles. The summed E-state index contributed by atoms with van der Waals surface area (Å²) in [5.74, 6) is 0.450. The first-order valence-electron chi connectivity index (χ1n) is 9.88. The van der Waals surface area contributed by atoms with Gasteiger partial charge in [-0.2, -0.15) is 0 Å². The Morgan fingerprint density at radius 1 is 1.07 bits per heavy atom. The standard InChI is InChI=1S/C11H16N2.C6H11NO.C5H9NO/c1-8-6-10-7-13(3)5-4-11(10)12-9(8)2;1-7-4-2-6(8)3-5-7;1-4(3-6)5(2)7/h6H,4-5,7H2,1-3H3;2-5H2,1H3;3H,6H2,1-2H3/b;;4-3-. The van der Waals surface area contributed by atoms with Crippen molar-refractivity contribution < 1.29 is 9.59 Å².